The van der Waals surface area contributed by atoms with Crippen molar-refractivity contribution in [3.8, 4) is 0 Å². The second-order valence-electron chi connectivity index (χ2n) is 5.32. The third kappa shape index (κ3) is 8.02. The number of carbonyl (C=O) groups excluding carboxylic acids is 2. The van der Waals surface area contributed by atoms with Crippen molar-refractivity contribution < 1.29 is 19.1 Å². The number of ether oxygens (including phenoxy) is 2. The molecule has 0 heterocycles. The number of carbonyl (C=O) groups is 2. The summed E-state index contributed by atoms with van der Waals surface area (Å²) in [4.78, 5) is 24.3. The number of rotatable bonds is 12. The minimum atomic E-state index is -0.504. The van der Waals surface area contributed by atoms with Crippen LogP contribution in [-0.4, -0.2) is 36.9 Å². The van der Waals surface area contributed by atoms with Crippen LogP contribution in [0.25, 0.3) is 0 Å². The lowest BCUT2D eigenvalue weighted by Gasteiger charge is -2.09. The highest BCUT2D eigenvalue weighted by molar-refractivity contribution is 6.18. The Hall–Kier alpha value is -1.26. The number of unbranched alkanes of at least 4 members (excludes halogenated alkanes) is 4. The Labute approximate surface area is 153 Å². The van der Waals surface area contributed by atoms with Gasteiger partial charge in [0.15, 0.2) is 0 Å². The number of alkyl halides is 2. The Balaban J connectivity index is 2.50. The molecular formula is C18H24Cl2O4. The maximum atomic E-state index is 12.1. The molecule has 0 N–H and O–H groups in total. The predicted octanol–water partition coefficient (Wildman–Crippen LogP) is 4.82. The average molecular weight is 375 g/mol. The molecule has 0 atom stereocenters. The molecule has 1 aromatic carbocycles. The van der Waals surface area contributed by atoms with Crippen molar-refractivity contribution in [1.29, 1.82) is 0 Å². The zero-order valence-corrected chi connectivity index (χ0v) is 15.3. The minimum Gasteiger partial charge on any atom is -0.462 e. The number of halogens is 2. The van der Waals surface area contributed by atoms with Crippen LogP contribution in [0.1, 0.15) is 59.2 Å². The maximum Gasteiger partial charge on any atom is 0.339 e. The van der Waals surface area contributed by atoms with Crippen molar-refractivity contribution in [2.24, 2.45) is 0 Å². The van der Waals surface area contributed by atoms with Crippen molar-refractivity contribution in [3.63, 3.8) is 0 Å². The van der Waals surface area contributed by atoms with Crippen molar-refractivity contribution in [2.75, 3.05) is 25.0 Å². The second kappa shape index (κ2) is 13.1. The summed E-state index contributed by atoms with van der Waals surface area (Å²) in [6.45, 7) is 0.634. The fraction of sp³-hybridized carbons (Fsp3) is 0.556. The molecule has 1 aromatic rings. The van der Waals surface area contributed by atoms with Crippen LogP contribution in [0, 0.1) is 0 Å². The molecule has 0 unspecified atom stereocenters. The van der Waals surface area contributed by atoms with Gasteiger partial charge in [0.1, 0.15) is 0 Å². The standard InChI is InChI=1S/C18H24Cl2O4/c19-11-5-1-7-13-23-17(21)15-9-3-4-10-16(15)18(22)24-14-8-2-6-12-20/h3-4,9-10H,1-2,5-8,11-14H2. The van der Waals surface area contributed by atoms with Gasteiger partial charge in [-0.15, -0.1) is 23.2 Å². The zero-order chi connectivity index (χ0) is 17.6. The van der Waals surface area contributed by atoms with E-state index in [1.54, 1.807) is 24.3 Å². The smallest absolute Gasteiger partial charge is 0.339 e. The van der Waals surface area contributed by atoms with Gasteiger partial charge < -0.3 is 9.47 Å². The average Bonchev–Trinajstić information content (AvgIpc) is 2.61. The molecule has 1 rings (SSSR count). The molecule has 0 saturated heterocycles. The van der Waals surface area contributed by atoms with E-state index >= 15 is 0 Å². The van der Waals surface area contributed by atoms with Crippen molar-refractivity contribution in [3.05, 3.63) is 35.4 Å². The molecule has 0 saturated carbocycles. The molecule has 0 bridgehead atoms. The summed E-state index contributed by atoms with van der Waals surface area (Å²) < 4.78 is 10.4. The first-order valence-corrected chi connectivity index (χ1v) is 9.32. The second-order valence-corrected chi connectivity index (χ2v) is 6.07. The van der Waals surface area contributed by atoms with Crippen LogP contribution in [0.3, 0.4) is 0 Å². The normalized spacial score (nSPS) is 10.4. The van der Waals surface area contributed by atoms with Crippen molar-refractivity contribution in [2.45, 2.75) is 38.5 Å². The van der Waals surface area contributed by atoms with E-state index in [1.165, 1.54) is 0 Å². The van der Waals surface area contributed by atoms with Gasteiger partial charge in [0.05, 0.1) is 24.3 Å². The van der Waals surface area contributed by atoms with Gasteiger partial charge in [-0.3, -0.25) is 0 Å². The lowest BCUT2D eigenvalue weighted by molar-refractivity contribution is 0.0451. The summed E-state index contributed by atoms with van der Waals surface area (Å²) in [5.41, 5.74) is 0.473. The predicted molar refractivity (Wildman–Crippen MR) is 96.1 cm³/mol. The van der Waals surface area contributed by atoms with Gasteiger partial charge in [-0.25, -0.2) is 9.59 Å². The van der Waals surface area contributed by atoms with Crippen LogP contribution in [0.2, 0.25) is 0 Å². The van der Waals surface area contributed by atoms with Gasteiger partial charge in [-0.05, 0) is 50.7 Å². The van der Waals surface area contributed by atoms with Gasteiger partial charge >= 0.3 is 11.9 Å². The molecule has 134 valence electrons. The van der Waals surface area contributed by atoms with Crippen molar-refractivity contribution in [1.82, 2.24) is 0 Å². The first-order chi connectivity index (χ1) is 11.7. The van der Waals surface area contributed by atoms with E-state index in [0.717, 1.165) is 38.5 Å². The third-order valence-corrected chi connectivity index (χ3v) is 3.92. The van der Waals surface area contributed by atoms with Crippen LogP contribution < -0.4 is 0 Å². The Kier molecular flexibility index (Phi) is 11.3. The number of hydrogen-bond acceptors (Lipinski definition) is 4. The summed E-state index contributed by atoms with van der Waals surface area (Å²) >= 11 is 11.2. The molecule has 0 aliphatic carbocycles. The van der Waals surface area contributed by atoms with E-state index in [-0.39, 0.29) is 11.1 Å². The molecule has 0 amide bonds. The first kappa shape index (κ1) is 20.8. The summed E-state index contributed by atoms with van der Waals surface area (Å²) in [6, 6.07) is 6.54. The Morgan fingerprint density at radius 2 is 1.12 bits per heavy atom. The first-order valence-electron chi connectivity index (χ1n) is 8.26. The van der Waals surface area contributed by atoms with Gasteiger partial charge in [-0.2, -0.15) is 0 Å². The molecule has 4 nitrogen and oxygen atoms in total. The monoisotopic (exact) mass is 374 g/mol. The highest BCUT2D eigenvalue weighted by atomic mass is 35.5. The molecule has 0 radical (unpaired) electrons. The summed E-state index contributed by atoms with van der Waals surface area (Å²) in [5.74, 6) is 0.201. The van der Waals surface area contributed by atoms with E-state index in [4.69, 9.17) is 32.7 Å². The fourth-order valence-corrected chi connectivity index (χ4v) is 2.45. The van der Waals surface area contributed by atoms with E-state index in [2.05, 4.69) is 0 Å². The molecular weight excluding hydrogens is 351 g/mol. The lowest BCUT2D eigenvalue weighted by Crippen LogP contribution is -2.15. The largest absolute Gasteiger partial charge is 0.462 e. The SMILES string of the molecule is O=C(OCCCCCCl)c1ccccc1C(=O)OCCCCCCl. The molecule has 0 aliphatic rings. The van der Waals surface area contributed by atoms with Gasteiger partial charge in [-0.1, -0.05) is 12.1 Å². The van der Waals surface area contributed by atoms with Gasteiger partial charge in [0, 0.05) is 11.8 Å². The third-order valence-electron chi connectivity index (χ3n) is 3.39. The Morgan fingerprint density at radius 3 is 1.50 bits per heavy atom. The van der Waals surface area contributed by atoms with Crippen LogP contribution in [0.5, 0.6) is 0 Å². The molecule has 0 aliphatic heterocycles. The number of benzene rings is 1. The van der Waals surface area contributed by atoms with Crippen LogP contribution >= 0.6 is 23.2 Å². The van der Waals surface area contributed by atoms with E-state index in [1.807, 2.05) is 0 Å². The van der Waals surface area contributed by atoms with Crippen molar-refractivity contribution >= 4 is 35.1 Å². The quantitative estimate of drug-likeness (QED) is 0.299. The summed E-state index contributed by atoms with van der Waals surface area (Å²) in [5, 5.41) is 0. The summed E-state index contributed by atoms with van der Waals surface area (Å²) in [7, 11) is 0. The molecule has 24 heavy (non-hydrogen) atoms. The van der Waals surface area contributed by atoms with E-state index < -0.39 is 11.9 Å². The Bertz CT molecular complexity index is 461. The topological polar surface area (TPSA) is 52.6 Å². The van der Waals surface area contributed by atoms with Gasteiger partial charge in [0.2, 0.25) is 0 Å². The molecule has 6 heteroatoms. The number of esters is 2. The Morgan fingerprint density at radius 1 is 0.708 bits per heavy atom. The number of hydrogen-bond donors (Lipinski definition) is 0. The van der Waals surface area contributed by atoms with E-state index in [0.29, 0.717) is 25.0 Å². The van der Waals surface area contributed by atoms with E-state index in [9.17, 15) is 9.59 Å². The summed E-state index contributed by atoms with van der Waals surface area (Å²) in [6.07, 6.45) is 5.11. The molecule has 0 aromatic heterocycles. The maximum absolute atomic E-state index is 12.1. The van der Waals surface area contributed by atoms with Crippen LogP contribution in [0.15, 0.2) is 24.3 Å². The van der Waals surface area contributed by atoms with Crippen LogP contribution in [-0.2, 0) is 9.47 Å². The molecule has 0 fully saturated rings. The zero-order valence-electron chi connectivity index (χ0n) is 13.8. The highest BCUT2D eigenvalue weighted by Gasteiger charge is 2.18. The van der Waals surface area contributed by atoms with Crippen LogP contribution in [0.4, 0.5) is 0 Å². The highest BCUT2D eigenvalue weighted by Crippen LogP contribution is 2.13. The minimum absolute atomic E-state index is 0.237. The lowest BCUT2D eigenvalue weighted by atomic mass is 10.1. The fourth-order valence-electron chi connectivity index (χ4n) is 2.07. The van der Waals surface area contributed by atoms with Gasteiger partial charge in [0.25, 0.3) is 0 Å². The molecule has 0 spiro atoms.